The van der Waals surface area contributed by atoms with Gasteiger partial charge in [0.05, 0.1) is 45.8 Å². The van der Waals surface area contributed by atoms with Crippen molar-refractivity contribution >= 4 is 44.5 Å². The molecule has 1 saturated heterocycles. The average Bonchev–Trinajstić information content (AvgIpc) is 4.12. The molecule has 4 aliphatic heterocycles. The molecule has 3 saturated carbocycles. The summed E-state index contributed by atoms with van der Waals surface area (Å²) in [6, 6.07) is 2.89. The highest BCUT2D eigenvalue weighted by molar-refractivity contribution is 7.91. The third-order valence-corrected chi connectivity index (χ3v) is 15.8. The molecule has 2 amide bonds. The fraction of sp³-hybridized carbons (Fsp3) is 0.659. The van der Waals surface area contributed by atoms with Crippen LogP contribution >= 0.6 is 0 Å². The molecule has 13 nitrogen and oxygen atoms in total. The van der Waals surface area contributed by atoms with Gasteiger partial charge in [0.1, 0.15) is 17.0 Å². The normalized spacial score (nSPS) is 31.0. The standard InChI is InChI=1S/C44H55N3O10S/c1-41(2,3)56-34(49)20-27-10-8-6-5-7-9-11-28-21-44(28,40(51)46-58(52,53)42(4)18-19-42)23-32(48)31-22-43(24-47(31)39(27)50)17-16-29-35-30(14-15-33-38(35)55-25-54-33)45-36(26-12-13-26)37(29)57-43/h9,11,14-15,26-28,31H,5-8,10,12-13,16-25H2,1-4H3,(H,46,51)/b11-9-/t27-,28-,31+,43-,44-/m1/s1. The van der Waals surface area contributed by atoms with E-state index in [4.69, 9.17) is 23.9 Å². The quantitative estimate of drug-likeness (QED) is 0.255. The fourth-order valence-electron chi connectivity index (χ4n) is 9.70. The van der Waals surface area contributed by atoms with Crippen molar-refractivity contribution in [3.05, 3.63) is 35.5 Å². The Balaban J connectivity index is 1.08. The zero-order valence-corrected chi connectivity index (χ0v) is 34.8. The van der Waals surface area contributed by atoms with Crippen LogP contribution in [0.5, 0.6) is 17.2 Å². The second-order valence-corrected chi connectivity index (χ2v) is 21.5. The highest BCUT2D eigenvalue weighted by Crippen LogP contribution is 2.59. The Morgan fingerprint density at radius 1 is 1.02 bits per heavy atom. The van der Waals surface area contributed by atoms with Crippen molar-refractivity contribution in [2.24, 2.45) is 17.3 Å². The minimum atomic E-state index is -3.95. The molecule has 312 valence electrons. The lowest BCUT2D eigenvalue weighted by Crippen LogP contribution is -2.48. The lowest BCUT2D eigenvalue weighted by atomic mass is 9.84. The summed E-state index contributed by atoms with van der Waals surface area (Å²) in [5, 5.41) is 0.859. The van der Waals surface area contributed by atoms with Gasteiger partial charge in [-0.15, -0.1) is 0 Å². The van der Waals surface area contributed by atoms with Crippen LogP contribution in [-0.2, 0) is 40.4 Å². The molecule has 9 rings (SSSR count). The number of pyridine rings is 1. The molecule has 0 unspecified atom stereocenters. The molecule has 5 atom stereocenters. The average molecular weight is 818 g/mol. The van der Waals surface area contributed by atoms with E-state index in [1.807, 2.05) is 24.3 Å². The van der Waals surface area contributed by atoms with Gasteiger partial charge in [0.15, 0.2) is 17.3 Å². The molecule has 2 aromatic rings. The van der Waals surface area contributed by atoms with Crippen LogP contribution in [0.4, 0.5) is 0 Å². The molecule has 1 aromatic carbocycles. The Morgan fingerprint density at radius 3 is 2.55 bits per heavy atom. The summed E-state index contributed by atoms with van der Waals surface area (Å²) >= 11 is 0. The molecular formula is C44H55N3O10S. The van der Waals surface area contributed by atoms with E-state index in [9.17, 15) is 27.6 Å². The van der Waals surface area contributed by atoms with Gasteiger partial charge in [0.2, 0.25) is 28.6 Å². The second kappa shape index (κ2) is 13.9. The first-order chi connectivity index (χ1) is 27.5. The van der Waals surface area contributed by atoms with E-state index in [1.54, 1.807) is 32.6 Å². The van der Waals surface area contributed by atoms with Gasteiger partial charge in [-0.25, -0.2) is 13.4 Å². The van der Waals surface area contributed by atoms with E-state index in [-0.39, 0.29) is 56.1 Å². The third kappa shape index (κ3) is 7.14. The number of ether oxygens (including phenoxy) is 4. The number of carbonyl (C=O) groups excluding carboxylic acids is 4. The van der Waals surface area contributed by atoms with Gasteiger partial charge >= 0.3 is 5.97 Å². The molecule has 1 N–H and O–H groups in total. The number of allylic oxidation sites excluding steroid dienone is 2. The zero-order chi connectivity index (χ0) is 40.8. The number of hydrogen-bond acceptors (Lipinski definition) is 11. The van der Waals surface area contributed by atoms with Gasteiger partial charge in [0, 0.05) is 30.2 Å². The molecule has 5 heterocycles. The van der Waals surface area contributed by atoms with Crippen LogP contribution in [0.1, 0.15) is 135 Å². The largest absolute Gasteiger partial charge is 0.483 e. The maximum atomic E-state index is 15.0. The van der Waals surface area contributed by atoms with E-state index in [0.717, 1.165) is 54.3 Å². The number of nitrogens with zero attached hydrogens (tertiary/aromatic N) is 2. The van der Waals surface area contributed by atoms with Crippen LogP contribution in [0, 0.1) is 17.3 Å². The lowest BCUT2D eigenvalue weighted by molar-refractivity contribution is -0.159. The zero-order valence-electron chi connectivity index (χ0n) is 34.0. The third-order valence-electron chi connectivity index (χ3n) is 13.6. The van der Waals surface area contributed by atoms with Crippen molar-refractivity contribution in [1.82, 2.24) is 14.6 Å². The van der Waals surface area contributed by atoms with E-state index in [1.165, 1.54) is 0 Å². The summed E-state index contributed by atoms with van der Waals surface area (Å²) in [6.07, 6.45) is 11.8. The number of Topliss-reactive ketones (excluding diaryl/α,β-unsaturated/α-hetero) is 1. The highest BCUT2D eigenvalue weighted by atomic mass is 32.2. The molecular weight excluding hydrogens is 763 g/mol. The Bertz CT molecular complexity index is 2220. The maximum Gasteiger partial charge on any atom is 0.307 e. The topological polar surface area (TPSA) is 167 Å². The van der Waals surface area contributed by atoms with Crippen molar-refractivity contribution < 1.29 is 46.5 Å². The molecule has 7 aliphatic rings. The van der Waals surface area contributed by atoms with Crippen LogP contribution in [0.25, 0.3) is 10.9 Å². The number of fused-ring (bicyclic) bond motifs is 7. The first-order valence-corrected chi connectivity index (χ1v) is 22.7. The number of rotatable bonds is 6. The monoisotopic (exact) mass is 817 g/mol. The van der Waals surface area contributed by atoms with Crippen LogP contribution in [-0.4, -0.2) is 77.2 Å². The smallest absolute Gasteiger partial charge is 0.307 e. The van der Waals surface area contributed by atoms with Crippen molar-refractivity contribution in [1.29, 1.82) is 0 Å². The minimum Gasteiger partial charge on any atom is -0.483 e. The second-order valence-electron chi connectivity index (χ2n) is 19.3. The van der Waals surface area contributed by atoms with Gasteiger partial charge in [-0.05, 0) is 110 Å². The number of carbonyl (C=O) groups is 4. The van der Waals surface area contributed by atoms with E-state index >= 15 is 0 Å². The molecule has 58 heavy (non-hydrogen) atoms. The summed E-state index contributed by atoms with van der Waals surface area (Å²) < 4.78 is 52.5. The number of amides is 2. The predicted octanol–water partition coefficient (Wildman–Crippen LogP) is 6.34. The highest BCUT2D eigenvalue weighted by Gasteiger charge is 2.63. The Labute approximate surface area is 340 Å². The Kier molecular flexibility index (Phi) is 9.44. The van der Waals surface area contributed by atoms with Gasteiger partial charge in [0.25, 0.3) is 0 Å². The fourth-order valence-corrected chi connectivity index (χ4v) is 11.0. The number of hydrogen-bond donors (Lipinski definition) is 1. The summed E-state index contributed by atoms with van der Waals surface area (Å²) in [5.74, 6) is -0.565. The lowest BCUT2D eigenvalue weighted by Gasteiger charge is -2.37. The molecule has 0 bridgehead atoms. The van der Waals surface area contributed by atoms with Crippen LogP contribution in [0.2, 0.25) is 0 Å². The number of ketones is 1. The minimum absolute atomic E-state index is 0.116. The summed E-state index contributed by atoms with van der Waals surface area (Å²) in [4.78, 5) is 64.1. The van der Waals surface area contributed by atoms with E-state index in [2.05, 4.69) is 4.72 Å². The van der Waals surface area contributed by atoms with Gasteiger partial charge in [-0.3, -0.25) is 23.9 Å². The molecule has 1 aromatic heterocycles. The van der Waals surface area contributed by atoms with Crippen molar-refractivity contribution in [3.63, 3.8) is 0 Å². The van der Waals surface area contributed by atoms with Gasteiger partial charge in [-0.2, -0.15) is 0 Å². The van der Waals surface area contributed by atoms with Crippen LogP contribution in [0.3, 0.4) is 0 Å². The van der Waals surface area contributed by atoms with Crippen LogP contribution < -0.4 is 18.9 Å². The number of esters is 1. The number of aromatic nitrogens is 1. The van der Waals surface area contributed by atoms with Crippen LogP contribution in [0.15, 0.2) is 24.3 Å². The molecule has 0 radical (unpaired) electrons. The van der Waals surface area contributed by atoms with Gasteiger partial charge in [-0.1, -0.05) is 25.0 Å². The first-order valence-electron chi connectivity index (χ1n) is 21.2. The van der Waals surface area contributed by atoms with E-state index in [0.29, 0.717) is 62.2 Å². The SMILES string of the molecule is CC(C)(C)OC(=O)C[C@H]1CCCCC/C=C\[C@@H]2C[C@@]2(C(=O)NS(=O)(=O)C2(C)CC2)CC(=O)[C@@H]2C[C@]3(CCc4c(c(C5CC5)nc5ccc6c(c45)OCO6)O3)CN2C1=O. The number of nitrogens with one attached hydrogen (secondary N) is 1. The first kappa shape index (κ1) is 39.3. The molecule has 1 spiro atoms. The van der Waals surface area contributed by atoms with Crippen molar-refractivity contribution in [3.8, 4) is 17.2 Å². The molecule has 14 heteroatoms. The summed E-state index contributed by atoms with van der Waals surface area (Å²) in [5.41, 5.74) is -0.259. The Morgan fingerprint density at radius 2 is 1.81 bits per heavy atom. The molecule has 3 aliphatic carbocycles. The van der Waals surface area contributed by atoms with Crippen molar-refractivity contribution in [2.45, 2.75) is 152 Å². The molecule has 4 fully saturated rings. The predicted molar refractivity (Wildman–Crippen MR) is 213 cm³/mol. The Hall–Kier alpha value is -4.20. The van der Waals surface area contributed by atoms with Crippen molar-refractivity contribution in [2.75, 3.05) is 13.3 Å². The maximum absolute atomic E-state index is 15.0. The van der Waals surface area contributed by atoms with Gasteiger partial charge < -0.3 is 23.8 Å². The summed E-state index contributed by atoms with van der Waals surface area (Å²) in [7, 11) is -3.95. The number of sulfonamides is 1. The summed E-state index contributed by atoms with van der Waals surface area (Å²) in [6.45, 7) is 7.25. The number of aryl methyl sites for hydroxylation is 1. The van der Waals surface area contributed by atoms with E-state index < -0.39 is 55.2 Å². The number of benzene rings is 1.